The maximum absolute atomic E-state index is 12.7. The van der Waals surface area contributed by atoms with Crippen molar-refractivity contribution in [3.8, 4) is 0 Å². The van der Waals surface area contributed by atoms with E-state index in [0.29, 0.717) is 4.47 Å². The molecule has 0 fully saturated rings. The minimum absolute atomic E-state index is 0.0451. The van der Waals surface area contributed by atoms with E-state index in [1.54, 1.807) is 0 Å². The summed E-state index contributed by atoms with van der Waals surface area (Å²) < 4.78 is 39.8. The lowest BCUT2D eigenvalue weighted by molar-refractivity contribution is -0.153. The summed E-state index contributed by atoms with van der Waals surface area (Å²) in [7, 11) is 0. The number of nitrogen functional groups attached to an aromatic ring is 1. The summed E-state index contributed by atoms with van der Waals surface area (Å²) in [5, 5.41) is 5.76. The van der Waals surface area contributed by atoms with Crippen molar-refractivity contribution in [2.24, 2.45) is 0 Å². The van der Waals surface area contributed by atoms with Crippen molar-refractivity contribution in [3.63, 3.8) is 0 Å². The highest BCUT2D eigenvalue weighted by Gasteiger charge is 2.39. The third-order valence-electron chi connectivity index (χ3n) is 2.77. The molecule has 0 spiro atoms. The number of nitrogens with zero attached hydrogens (tertiary/aromatic N) is 3. The first-order valence-corrected chi connectivity index (χ1v) is 6.70. The van der Waals surface area contributed by atoms with Gasteiger partial charge in [-0.2, -0.15) is 18.2 Å². The molecule has 2 aromatic heterocycles. The van der Waals surface area contributed by atoms with Gasteiger partial charge < -0.3 is 11.1 Å². The van der Waals surface area contributed by atoms with Crippen LogP contribution in [0.4, 0.5) is 19.1 Å². The zero-order chi connectivity index (χ0) is 15.8. The molecular formula is C11H11BrF3N5O. The molecule has 0 unspecified atom stereocenters. The molecule has 0 bridgehead atoms. The molecule has 3 N–H and O–H groups in total. The zero-order valence-electron chi connectivity index (χ0n) is 10.8. The van der Waals surface area contributed by atoms with Crippen LogP contribution in [0.25, 0.3) is 5.65 Å². The molecule has 1 amide bonds. The van der Waals surface area contributed by atoms with Crippen molar-refractivity contribution in [1.82, 2.24) is 19.9 Å². The van der Waals surface area contributed by atoms with Gasteiger partial charge in [0, 0.05) is 10.7 Å². The van der Waals surface area contributed by atoms with Crippen LogP contribution < -0.4 is 11.1 Å². The largest absolute Gasteiger partial charge is 0.408 e. The van der Waals surface area contributed by atoms with Crippen molar-refractivity contribution in [3.05, 3.63) is 22.3 Å². The lowest BCUT2D eigenvalue weighted by Crippen LogP contribution is -2.45. The van der Waals surface area contributed by atoms with Crippen LogP contribution >= 0.6 is 15.9 Å². The van der Waals surface area contributed by atoms with Gasteiger partial charge >= 0.3 is 6.18 Å². The molecule has 1 atom stereocenters. The maximum Gasteiger partial charge on any atom is 0.408 e. The van der Waals surface area contributed by atoms with Crippen LogP contribution in [0.5, 0.6) is 0 Å². The molecular weight excluding hydrogens is 355 g/mol. The first kappa shape index (κ1) is 15.5. The Bertz CT molecular complexity index is 684. The van der Waals surface area contributed by atoms with Gasteiger partial charge in [0.2, 0.25) is 5.95 Å². The fourth-order valence-electron chi connectivity index (χ4n) is 1.79. The summed E-state index contributed by atoms with van der Waals surface area (Å²) in [5.74, 6) is -0.970. The molecule has 0 aliphatic carbocycles. The molecule has 114 valence electrons. The Hall–Kier alpha value is -1.84. The predicted octanol–water partition coefficient (Wildman–Crippen LogP) is 2.14. The molecule has 0 radical (unpaired) electrons. The number of halogens is 4. The van der Waals surface area contributed by atoms with E-state index in [4.69, 9.17) is 5.73 Å². The number of anilines is 1. The minimum Gasteiger partial charge on any atom is -0.366 e. The van der Waals surface area contributed by atoms with Crippen molar-refractivity contribution in [2.75, 3.05) is 5.73 Å². The monoisotopic (exact) mass is 365 g/mol. The van der Waals surface area contributed by atoms with E-state index in [2.05, 4.69) is 26.0 Å². The Morgan fingerprint density at radius 3 is 2.81 bits per heavy atom. The topological polar surface area (TPSA) is 85.3 Å². The van der Waals surface area contributed by atoms with E-state index < -0.39 is 18.1 Å². The Balaban J connectivity index is 2.39. The van der Waals surface area contributed by atoms with Crippen molar-refractivity contribution >= 4 is 33.4 Å². The van der Waals surface area contributed by atoms with Crippen LogP contribution in [0.1, 0.15) is 23.7 Å². The van der Waals surface area contributed by atoms with Crippen LogP contribution in [0.3, 0.4) is 0 Å². The number of hydrogen-bond donors (Lipinski definition) is 2. The van der Waals surface area contributed by atoms with Gasteiger partial charge in [-0.15, -0.1) is 5.10 Å². The number of nitrogens with two attached hydrogens (primary N) is 1. The first-order chi connectivity index (χ1) is 9.72. The molecule has 2 rings (SSSR count). The normalized spacial score (nSPS) is 13.4. The van der Waals surface area contributed by atoms with Gasteiger partial charge in [-0.3, -0.25) is 4.79 Å². The number of rotatable bonds is 3. The molecule has 2 aromatic rings. The summed E-state index contributed by atoms with van der Waals surface area (Å²) in [6, 6.07) is -0.564. The number of fused-ring (bicyclic) bond motifs is 1. The molecule has 6 nitrogen and oxygen atoms in total. The Morgan fingerprint density at radius 2 is 2.24 bits per heavy atom. The van der Waals surface area contributed by atoms with Gasteiger partial charge in [0.1, 0.15) is 6.04 Å². The number of amides is 1. The SMILES string of the molecule is CC[C@@H](NC(=O)c1cc(Br)cn2nc(N)nc12)C(F)(F)F. The van der Waals surface area contributed by atoms with Crippen LogP contribution in [-0.2, 0) is 0 Å². The third kappa shape index (κ3) is 3.26. The average molecular weight is 366 g/mol. The van der Waals surface area contributed by atoms with Gasteiger partial charge in [0.15, 0.2) is 5.65 Å². The van der Waals surface area contributed by atoms with Gasteiger partial charge in [0.05, 0.1) is 5.56 Å². The van der Waals surface area contributed by atoms with E-state index in [1.807, 2.05) is 5.32 Å². The predicted molar refractivity (Wildman–Crippen MR) is 72.7 cm³/mol. The van der Waals surface area contributed by atoms with Crippen molar-refractivity contribution in [2.45, 2.75) is 25.6 Å². The zero-order valence-corrected chi connectivity index (χ0v) is 12.4. The molecule has 21 heavy (non-hydrogen) atoms. The standard InChI is InChI=1S/C11H11BrF3N5O/c1-2-7(11(13,14)15)17-9(21)6-3-5(12)4-20-8(6)18-10(16)19-20/h3-4,7H,2H2,1H3,(H2,16,19)(H,17,21)/t7-/m1/s1. The summed E-state index contributed by atoms with van der Waals surface area (Å²) in [4.78, 5) is 15.9. The second-order valence-electron chi connectivity index (χ2n) is 4.29. The lowest BCUT2D eigenvalue weighted by Gasteiger charge is -2.20. The number of alkyl halides is 3. The Kier molecular flexibility index (Phi) is 4.08. The number of nitrogens with one attached hydrogen (secondary N) is 1. The van der Waals surface area contributed by atoms with Crippen molar-refractivity contribution in [1.29, 1.82) is 0 Å². The smallest absolute Gasteiger partial charge is 0.366 e. The number of pyridine rings is 1. The molecule has 0 aliphatic rings. The number of aromatic nitrogens is 3. The van der Waals surface area contributed by atoms with E-state index in [0.717, 1.165) is 0 Å². The molecule has 0 saturated heterocycles. The van der Waals surface area contributed by atoms with Crippen LogP contribution in [0.15, 0.2) is 16.7 Å². The maximum atomic E-state index is 12.7. The Morgan fingerprint density at radius 1 is 1.57 bits per heavy atom. The van der Waals surface area contributed by atoms with Gasteiger partial charge in [-0.25, -0.2) is 4.52 Å². The van der Waals surface area contributed by atoms with E-state index >= 15 is 0 Å². The van der Waals surface area contributed by atoms with Crippen LogP contribution in [0, 0.1) is 0 Å². The average Bonchev–Trinajstić information content (AvgIpc) is 2.73. The van der Waals surface area contributed by atoms with Gasteiger partial charge in [0.25, 0.3) is 5.91 Å². The second-order valence-corrected chi connectivity index (χ2v) is 5.20. The van der Waals surface area contributed by atoms with E-state index in [-0.39, 0.29) is 23.6 Å². The fourth-order valence-corrected chi connectivity index (χ4v) is 2.21. The van der Waals surface area contributed by atoms with E-state index in [1.165, 1.54) is 23.7 Å². The number of carbonyl (C=O) groups is 1. The van der Waals surface area contributed by atoms with Gasteiger partial charge in [-0.1, -0.05) is 6.92 Å². The molecule has 0 saturated carbocycles. The number of carbonyl (C=O) groups excluding carboxylic acids is 1. The van der Waals surface area contributed by atoms with Crippen LogP contribution in [0.2, 0.25) is 0 Å². The first-order valence-electron chi connectivity index (χ1n) is 5.91. The molecule has 0 aliphatic heterocycles. The fraction of sp³-hybridized carbons (Fsp3) is 0.364. The van der Waals surface area contributed by atoms with E-state index in [9.17, 15) is 18.0 Å². The third-order valence-corrected chi connectivity index (χ3v) is 3.20. The van der Waals surface area contributed by atoms with Crippen LogP contribution in [-0.4, -0.2) is 32.7 Å². The summed E-state index contributed by atoms with van der Waals surface area (Å²) >= 11 is 3.15. The van der Waals surface area contributed by atoms with Crippen molar-refractivity contribution < 1.29 is 18.0 Å². The second kappa shape index (κ2) is 5.51. The number of hydrogen-bond acceptors (Lipinski definition) is 4. The molecule has 0 aromatic carbocycles. The molecule has 2 heterocycles. The minimum atomic E-state index is -4.51. The highest BCUT2D eigenvalue weighted by atomic mass is 79.9. The summed E-state index contributed by atoms with van der Waals surface area (Å²) in [6.07, 6.45) is -3.29. The summed E-state index contributed by atoms with van der Waals surface area (Å²) in [6.45, 7) is 1.34. The van der Waals surface area contributed by atoms with Gasteiger partial charge in [-0.05, 0) is 28.4 Å². The summed E-state index contributed by atoms with van der Waals surface area (Å²) in [5.41, 5.74) is 5.48. The molecule has 10 heteroatoms. The lowest BCUT2D eigenvalue weighted by atomic mass is 10.2. The highest BCUT2D eigenvalue weighted by molar-refractivity contribution is 9.10. The quantitative estimate of drug-likeness (QED) is 0.872. The Labute approximate surface area is 125 Å². The highest BCUT2D eigenvalue weighted by Crippen LogP contribution is 2.23.